The van der Waals surface area contributed by atoms with Gasteiger partial charge in [-0.1, -0.05) is 13.8 Å². The van der Waals surface area contributed by atoms with Crippen LogP contribution in [0.25, 0.3) is 0 Å². The normalized spacial score (nSPS) is 22.4. The van der Waals surface area contributed by atoms with Crippen molar-refractivity contribution in [2.75, 3.05) is 13.1 Å². The van der Waals surface area contributed by atoms with E-state index in [1.165, 1.54) is 13.8 Å². The third-order valence-electron chi connectivity index (χ3n) is 3.44. The highest BCUT2D eigenvalue weighted by atomic mass is 32.2. The molecule has 1 aliphatic rings. The molecule has 0 atom stereocenters. The number of carbonyl (C=O) groups is 1. The van der Waals surface area contributed by atoms with Crippen molar-refractivity contribution in [2.45, 2.75) is 45.3 Å². The van der Waals surface area contributed by atoms with Crippen LogP contribution >= 0.6 is 0 Å². The number of nitrogens with zero attached hydrogens (tertiary/aromatic N) is 1. The first kappa shape index (κ1) is 14.4. The summed E-state index contributed by atoms with van der Waals surface area (Å²) in [5.74, 6) is -0.303. The first-order chi connectivity index (χ1) is 7.56. The molecule has 1 aliphatic heterocycles. The first-order valence-corrected chi connectivity index (χ1v) is 7.27. The van der Waals surface area contributed by atoms with Crippen LogP contribution < -0.4 is 5.73 Å². The van der Waals surface area contributed by atoms with E-state index in [-0.39, 0.29) is 17.9 Å². The molecule has 0 aliphatic carbocycles. The Hall–Kier alpha value is -0.620. The van der Waals surface area contributed by atoms with Gasteiger partial charge in [0.25, 0.3) is 15.9 Å². The Morgan fingerprint density at radius 3 is 2.29 bits per heavy atom. The van der Waals surface area contributed by atoms with Gasteiger partial charge >= 0.3 is 0 Å². The van der Waals surface area contributed by atoms with Crippen molar-refractivity contribution in [1.82, 2.24) is 4.31 Å². The summed E-state index contributed by atoms with van der Waals surface area (Å²) in [7, 11) is -3.42. The molecule has 17 heavy (non-hydrogen) atoms. The molecule has 100 valence electrons. The zero-order chi connectivity index (χ0) is 13.5. The van der Waals surface area contributed by atoms with Gasteiger partial charge in [-0.15, -0.1) is 0 Å². The standard InChI is InChI=1S/C11H22N2O3S/c1-10(2,8-12)6-5-7-13-9(14)11(3,4)17(13,15)16/h5-8,12H2,1-4H3. The topological polar surface area (TPSA) is 80.5 Å². The number of amides is 1. The second-order valence-electron chi connectivity index (χ2n) is 5.86. The summed E-state index contributed by atoms with van der Waals surface area (Å²) in [6.45, 7) is 7.79. The summed E-state index contributed by atoms with van der Waals surface area (Å²) < 4.78 is 23.3. The molecule has 0 saturated carbocycles. The summed E-state index contributed by atoms with van der Waals surface area (Å²) in [6.07, 6.45) is 1.47. The van der Waals surface area contributed by atoms with Crippen molar-refractivity contribution in [3.05, 3.63) is 0 Å². The van der Waals surface area contributed by atoms with Gasteiger partial charge in [0.2, 0.25) is 0 Å². The predicted octanol–water partition coefficient (Wildman–Crippen LogP) is 0.702. The quantitative estimate of drug-likeness (QED) is 0.791. The van der Waals surface area contributed by atoms with E-state index in [0.717, 1.165) is 10.7 Å². The lowest BCUT2D eigenvalue weighted by Crippen LogP contribution is -2.67. The Labute approximate surface area is 103 Å². The van der Waals surface area contributed by atoms with Gasteiger partial charge < -0.3 is 5.73 Å². The molecule has 0 spiro atoms. The van der Waals surface area contributed by atoms with Crippen LogP contribution in [0.4, 0.5) is 0 Å². The van der Waals surface area contributed by atoms with Crippen molar-refractivity contribution in [2.24, 2.45) is 11.1 Å². The van der Waals surface area contributed by atoms with Crippen molar-refractivity contribution in [1.29, 1.82) is 0 Å². The van der Waals surface area contributed by atoms with Crippen LogP contribution in [0, 0.1) is 5.41 Å². The largest absolute Gasteiger partial charge is 0.330 e. The van der Waals surface area contributed by atoms with Gasteiger partial charge in [-0.3, -0.25) is 4.79 Å². The number of nitrogens with two attached hydrogens (primary N) is 1. The number of rotatable bonds is 5. The van der Waals surface area contributed by atoms with Gasteiger partial charge in [-0.25, -0.2) is 12.7 Å². The molecule has 2 N–H and O–H groups in total. The van der Waals surface area contributed by atoms with Gasteiger partial charge in [0.05, 0.1) is 0 Å². The zero-order valence-electron chi connectivity index (χ0n) is 11.0. The molecule has 1 rings (SSSR count). The van der Waals surface area contributed by atoms with Crippen molar-refractivity contribution in [3.63, 3.8) is 0 Å². The molecule has 5 nitrogen and oxygen atoms in total. The molecule has 0 aromatic rings. The number of carbonyl (C=O) groups excluding carboxylic acids is 1. The molecule has 0 radical (unpaired) electrons. The first-order valence-electron chi connectivity index (χ1n) is 5.83. The molecule has 1 fully saturated rings. The fourth-order valence-corrected chi connectivity index (χ4v) is 3.35. The number of sulfonamides is 1. The van der Waals surface area contributed by atoms with Crippen LogP contribution in [0.15, 0.2) is 0 Å². The molecular formula is C11H22N2O3S. The average Bonchev–Trinajstić information content (AvgIpc) is 2.23. The molecule has 1 amide bonds. The van der Waals surface area contributed by atoms with Crippen LogP contribution in [0.2, 0.25) is 0 Å². The summed E-state index contributed by atoms with van der Waals surface area (Å²) >= 11 is 0. The summed E-state index contributed by atoms with van der Waals surface area (Å²) in [6, 6.07) is 0. The highest BCUT2D eigenvalue weighted by Gasteiger charge is 2.59. The Bertz CT molecular complexity index is 412. The molecule has 1 heterocycles. The Morgan fingerprint density at radius 2 is 1.88 bits per heavy atom. The van der Waals surface area contributed by atoms with Gasteiger partial charge in [0.1, 0.15) is 0 Å². The SMILES string of the molecule is CC(C)(CN)CCCN1C(=O)C(C)(C)S1(=O)=O. The number of hydrogen-bond acceptors (Lipinski definition) is 4. The molecule has 0 bridgehead atoms. The molecule has 0 aromatic carbocycles. The van der Waals surface area contributed by atoms with E-state index in [2.05, 4.69) is 0 Å². The van der Waals surface area contributed by atoms with Gasteiger partial charge in [0, 0.05) is 6.54 Å². The summed E-state index contributed by atoms with van der Waals surface area (Å²) in [4.78, 5) is 11.6. The second kappa shape index (κ2) is 4.24. The summed E-state index contributed by atoms with van der Waals surface area (Å²) in [5, 5.41) is 0. The van der Waals surface area contributed by atoms with Gasteiger partial charge in [-0.2, -0.15) is 0 Å². The van der Waals surface area contributed by atoms with Crippen molar-refractivity contribution in [3.8, 4) is 0 Å². The number of hydrogen-bond donors (Lipinski definition) is 1. The van der Waals surface area contributed by atoms with Crippen molar-refractivity contribution < 1.29 is 13.2 Å². The third kappa shape index (κ3) is 2.33. The van der Waals surface area contributed by atoms with E-state index in [1.807, 2.05) is 13.8 Å². The fraction of sp³-hybridized carbons (Fsp3) is 0.909. The minimum atomic E-state index is -3.42. The van der Waals surface area contributed by atoms with E-state index >= 15 is 0 Å². The molecule has 0 unspecified atom stereocenters. The van der Waals surface area contributed by atoms with Crippen molar-refractivity contribution >= 4 is 15.9 Å². The maximum atomic E-state index is 11.8. The smallest absolute Gasteiger partial charge is 0.258 e. The second-order valence-corrected chi connectivity index (χ2v) is 8.28. The van der Waals surface area contributed by atoms with E-state index in [4.69, 9.17) is 5.73 Å². The lowest BCUT2D eigenvalue weighted by atomic mass is 9.88. The van der Waals surface area contributed by atoms with E-state index in [1.54, 1.807) is 0 Å². The minimum absolute atomic E-state index is 0.00675. The molecule has 1 saturated heterocycles. The molecule has 0 aromatic heterocycles. The van der Waals surface area contributed by atoms with E-state index in [9.17, 15) is 13.2 Å². The van der Waals surface area contributed by atoms with Crippen LogP contribution in [0.1, 0.15) is 40.5 Å². The van der Waals surface area contributed by atoms with Gasteiger partial charge in [0.15, 0.2) is 4.75 Å². The predicted molar refractivity (Wildman–Crippen MR) is 66.8 cm³/mol. The Balaban J connectivity index is 2.54. The third-order valence-corrected chi connectivity index (χ3v) is 5.84. The van der Waals surface area contributed by atoms with Gasteiger partial charge in [-0.05, 0) is 38.6 Å². The Morgan fingerprint density at radius 1 is 1.35 bits per heavy atom. The monoisotopic (exact) mass is 262 g/mol. The maximum Gasteiger partial charge on any atom is 0.258 e. The Kier molecular flexibility index (Phi) is 3.60. The lowest BCUT2D eigenvalue weighted by molar-refractivity contribution is -0.132. The average molecular weight is 262 g/mol. The van der Waals surface area contributed by atoms with Crippen LogP contribution in [0.5, 0.6) is 0 Å². The molecular weight excluding hydrogens is 240 g/mol. The fourth-order valence-electron chi connectivity index (χ4n) is 1.78. The minimum Gasteiger partial charge on any atom is -0.330 e. The highest BCUT2D eigenvalue weighted by molar-refractivity contribution is 7.94. The lowest BCUT2D eigenvalue weighted by Gasteiger charge is -2.43. The zero-order valence-corrected chi connectivity index (χ0v) is 11.8. The van der Waals surface area contributed by atoms with Crippen LogP contribution in [-0.4, -0.2) is 36.5 Å². The molecule has 6 heteroatoms. The van der Waals surface area contributed by atoms with Crippen LogP contribution in [-0.2, 0) is 14.8 Å². The van der Waals surface area contributed by atoms with E-state index in [0.29, 0.717) is 13.0 Å². The van der Waals surface area contributed by atoms with E-state index < -0.39 is 14.8 Å². The maximum absolute atomic E-state index is 11.8. The highest BCUT2D eigenvalue weighted by Crippen LogP contribution is 2.35. The summed E-state index contributed by atoms with van der Waals surface area (Å²) in [5.41, 5.74) is 5.59. The van der Waals surface area contributed by atoms with Crippen LogP contribution in [0.3, 0.4) is 0 Å².